The Labute approximate surface area is 132 Å². The standard InChI is InChI=1S/C15H12ClN3O2.CH4/c16-10-4-3-5-11(8-10)17-14-12(9-20)15(21)19-7-2-1-6-13(19)18-14;/h1-8,17,20H,9H2;1H4. The first kappa shape index (κ1) is 16.0. The molecular weight excluding hydrogens is 302 g/mol. The molecule has 2 heterocycles. The Bertz CT molecular complexity index is 861. The molecule has 0 spiro atoms. The van der Waals surface area contributed by atoms with E-state index < -0.39 is 6.61 Å². The predicted octanol–water partition coefficient (Wildman–Crippen LogP) is 3.22. The Morgan fingerprint density at radius 2 is 2.05 bits per heavy atom. The average Bonchev–Trinajstić information content (AvgIpc) is 2.48. The fraction of sp³-hybridized carbons (Fsp3) is 0.125. The first-order chi connectivity index (χ1) is 10.2. The Kier molecular flexibility index (Phi) is 4.80. The van der Waals surface area contributed by atoms with Crippen LogP contribution in [-0.2, 0) is 6.61 Å². The summed E-state index contributed by atoms with van der Waals surface area (Å²) in [6.45, 7) is -0.396. The van der Waals surface area contributed by atoms with Crippen molar-refractivity contribution < 1.29 is 5.11 Å². The van der Waals surface area contributed by atoms with Crippen molar-refractivity contribution >= 4 is 28.8 Å². The third kappa shape index (κ3) is 2.95. The van der Waals surface area contributed by atoms with Crippen LogP contribution in [0.15, 0.2) is 53.5 Å². The van der Waals surface area contributed by atoms with E-state index in [2.05, 4.69) is 10.3 Å². The minimum Gasteiger partial charge on any atom is -0.391 e. The number of aliphatic hydroxyl groups is 1. The molecule has 22 heavy (non-hydrogen) atoms. The van der Waals surface area contributed by atoms with Crippen molar-refractivity contribution in [1.82, 2.24) is 9.38 Å². The van der Waals surface area contributed by atoms with Crippen molar-refractivity contribution in [3.63, 3.8) is 0 Å². The summed E-state index contributed by atoms with van der Waals surface area (Å²) in [5.74, 6) is 0.330. The number of pyridine rings is 1. The number of nitrogens with zero attached hydrogens (tertiary/aromatic N) is 2. The lowest BCUT2D eigenvalue weighted by Crippen LogP contribution is -2.21. The number of aromatic nitrogens is 2. The predicted molar refractivity (Wildman–Crippen MR) is 88.9 cm³/mol. The van der Waals surface area contributed by atoms with E-state index in [0.29, 0.717) is 22.2 Å². The van der Waals surface area contributed by atoms with Crippen molar-refractivity contribution in [2.45, 2.75) is 14.0 Å². The van der Waals surface area contributed by atoms with Gasteiger partial charge in [0.1, 0.15) is 11.5 Å². The molecule has 6 heteroatoms. The first-order valence-corrected chi connectivity index (χ1v) is 6.70. The van der Waals surface area contributed by atoms with Gasteiger partial charge < -0.3 is 10.4 Å². The fourth-order valence-electron chi connectivity index (χ4n) is 2.07. The topological polar surface area (TPSA) is 66.6 Å². The SMILES string of the molecule is C.O=c1c(CO)c(Nc2cccc(Cl)c2)nc2ccccn12. The van der Waals surface area contributed by atoms with Gasteiger partial charge in [0.2, 0.25) is 0 Å². The summed E-state index contributed by atoms with van der Waals surface area (Å²) < 4.78 is 1.40. The lowest BCUT2D eigenvalue weighted by atomic mass is 10.2. The highest BCUT2D eigenvalue weighted by Gasteiger charge is 2.12. The zero-order valence-electron chi connectivity index (χ0n) is 11.0. The molecule has 5 nitrogen and oxygen atoms in total. The van der Waals surface area contributed by atoms with Gasteiger partial charge in [-0.1, -0.05) is 31.2 Å². The van der Waals surface area contributed by atoms with Crippen molar-refractivity contribution in [2.24, 2.45) is 0 Å². The fourth-order valence-corrected chi connectivity index (χ4v) is 2.26. The van der Waals surface area contributed by atoms with Gasteiger partial charge in [0.15, 0.2) is 0 Å². The van der Waals surface area contributed by atoms with Gasteiger partial charge in [0, 0.05) is 16.9 Å². The Morgan fingerprint density at radius 1 is 1.23 bits per heavy atom. The maximum absolute atomic E-state index is 12.3. The second-order valence-corrected chi connectivity index (χ2v) is 4.90. The van der Waals surface area contributed by atoms with Gasteiger partial charge in [-0.05, 0) is 30.3 Å². The minimum absolute atomic E-state index is 0. The molecule has 0 bridgehead atoms. The first-order valence-electron chi connectivity index (χ1n) is 6.33. The zero-order chi connectivity index (χ0) is 14.8. The van der Waals surface area contributed by atoms with E-state index in [1.165, 1.54) is 4.40 Å². The molecule has 0 atom stereocenters. The average molecular weight is 318 g/mol. The second-order valence-electron chi connectivity index (χ2n) is 4.47. The third-order valence-corrected chi connectivity index (χ3v) is 3.31. The van der Waals surface area contributed by atoms with Gasteiger partial charge in [-0.15, -0.1) is 0 Å². The van der Waals surface area contributed by atoms with Crippen molar-refractivity contribution in [3.8, 4) is 0 Å². The largest absolute Gasteiger partial charge is 0.391 e. The van der Waals surface area contributed by atoms with Crippen molar-refractivity contribution in [3.05, 3.63) is 69.6 Å². The van der Waals surface area contributed by atoms with Crippen LogP contribution in [0.5, 0.6) is 0 Å². The number of hydrogen-bond acceptors (Lipinski definition) is 4. The number of aliphatic hydroxyl groups excluding tert-OH is 1. The number of halogens is 1. The van der Waals surface area contributed by atoms with E-state index in [1.54, 1.807) is 42.6 Å². The molecule has 0 aliphatic rings. The molecule has 0 saturated heterocycles. The van der Waals surface area contributed by atoms with E-state index in [9.17, 15) is 9.90 Å². The van der Waals surface area contributed by atoms with Gasteiger partial charge in [0.05, 0.1) is 12.2 Å². The Balaban J connectivity index is 0.00000176. The number of benzene rings is 1. The van der Waals surface area contributed by atoms with E-state index in [0.717, 1.165) is 0 Å². The maximum Gasteiger partial charge on any atom is 0.265 e. The highest BCUT2D eigenvalue weighted by Crippen LogP contribution is 2.20. The van der Waals surface area contributed by atoms with E-state index in [4.69, 9.17) is 11.6 Å². The molecule has 0 aliphatic heterocycles. The van der Waals surface area contributed by atoms with Crippen LogP contribution in [0.2, 0.25) is 5.02 Å². The Morgan fingerprint density at radius 3 is 2.77 bits per heavy atom. The Hall–Kier alpha value is -2.37. The van der Waals surface area contributed by atoms with E-state index >= 15 is 0 Å². The van der Waals surface area contributed by atoms with Crippen LogP contribution in [-0.4, -0.2) is 14.5 Å². The zero-order valence-corrected chi connectivity index (χ0v) is 11.7. The third-order valence-electron chi connectivity index (χ3n) is 3.07. The normalized spacial score (nSPS) is 10.3. The van der Waals surface area contributed by atoms with E-state index in [-0.39, 0.29) is 18.5 Å². The summed E-state index contributed by atoms with van der Waals surface area (Å²) in [4.78, 5) is 16.7. The lowest BCUT2D eigenvalue weighted by Gasteiger charge is -2.11. The number of rotatable bonds is 3. The molecule has 2 aromatic heterocycles. The number of anilines is 2. The molecule has 0 fully saturated rings. The molecule has 0 aliphatic carbocycles. The van der Waals surface area contributed by atoms with Crippen molar-refractivity contribution in [2.75, 3.05) is 5.32 Å². The molecule has 0 radical (unpaired) electrons. The summed E-state index contributed by atoms with van der Waals surface area (Å²) in [5, 5.41) is 13.1. The summed E-state index contributed by atoms with van der Waals surface area (Å²) in [6, 6.07) is 12.3. The minimum atomic E-state index is -0.396. The summed E-state index contributed by atoms with van der Waals surface area (Å²) in [7, 11) is 0. The molecule has 114 valence electrons. The maximum atomic E-state index is 12.3. The van der Waals surface area contributed by atoms with Crippen LogP contribution in [0.4, 0.5) is 11.5 Å². The lowest BCUT2D eigenvalue weighted by molar-refractivity contribution is 0.280. The number of hydrogen-bond donors (Lipinski definition) is 2. The molecular formula is C16H16ClN3O2. The smallest absolute Gasteiger partial charge is 0.265 e. The van der Waals surface area contributed by atoms with E-state index in [1.807, 2.05) is 6.07 Å². The van der Waals surface area contributed by atoms with Crippen LogP contribution in [0, 0.1) is 0 Å². The summed E-state index contributed by atoms with van der Waals surface area (Å²) in [5.41, 5.74) is 1.11. The van der Waals surface area contributed by atoms with Gasteiger partial charge in [0.25, 0.3) is 5.56 Å². The van der Waals surface area contributed by atoms with Gasteiger partial charge in [-0.3, -0.25) is 9.20 Å². The molecule has 0 unspecified atom stereocenters. The van der Waals surface area contributed by atoms with Crippen LogP contribution >= 0.6 is 11.6 Å². The van der Waals surface area contributed by atoms with Crippen LogP contribution < -0.4 is 10.9 Å². The van der Waals surface area contributed by atoms with Crippen LogP contribution in [0.3, 0.4) is 0 Å². The van der Waals surface area contributed by atoms with Crippen LogP contribution in [0.1, 0.15) is 13.0 Å². The molecule has 1 aromatic carbocycles. The molecule has 0 saturated carbocycles. The quantitative estimate of drug-likeness (QED) is 0.778. The van der Waals surface area contributed by atoms with Gasteiger partial charge in [-0.2, -0.15) is 0 Å². The molecule has 3 rings (SSSR count). The highest BCUT2D eigenvalue weighted by atomic mass is 35.5. The molecule has 2 N–H and O–H groups in total. The van der Waals surface area contributed by atoms with Crippen LogP contribution in [0.25, 0.3) is 5.65 Å². The second kappa shape index (κ2) is 6.60. The molecule has 0 amide bonds. The summed E-state index contributed by atoms with van der Waals surface area (Å²) >= 11 is 5.94. The number of fused-ring (bicyclic) bond motifs is 1. The van der Waals surface area contributed by atoms with Crippen molar-refractivity contribution in [1.29, 1.82) is 0 Å². The highest BCUT2D eigenvalue weighted by molar-refractivity contribution is 6.30. The monoisotopic (exact) mass is 317 g/mol. The summed E-state index contributed by atoms with van der Waals surface area (Å²) in [6.07, 6.45) is 1.62. The van der Waals surface area contributed by atoms with Gasteiger partial charge >= 0.3 is 0 Å². The number of nitrogens with one attached hydrogen (secondary N) is 1. The van der Waals surface area contributed by atoms with Gasteiger partial charge in [-0.25, -0.2) is 4.98 Å². The molecule has 3 aromatic rings.